The summed E-state index contributed by atoms with van der Waals surface area (Å²) in [6, 6.07) is 21.0. The van der Waals surface area contributed by atoms with E-state index in [9.17, 15) is 13.2 Å². The zero-order chi connectivity index (χ0) is 19.7. The molecule has 1 aliphatic rings. The van der Waals surface area contributed by atoms with E-state index in [1.165, 1.54) is 12.1 Å². The normalized spacial score (nSPS) is 16.6. The summed E-state index contributed by atoms with van der Waals surface area (Å²) in [5.74, 6) is 0.759. The van der Waals surface area contributed by atoms with Gasteiger partial charge in [0.15, 0.2) is 0 Å². The van der Waals surface area contributed by atoms with E-state index >= 15 is 0 Å². The van der Waals surface area contributed by atoms with E-state index in [0.29, 0.717) is 12.1 Å². The Balaban J connectivity index is 1.86. The molecule has 4 rings (SSSR count). The van der Waals surface area contributed by atoms with Crippen molar-refractivity contribution in [1.82, 2.24) is 0 Å². The lowest BCUT2D eigenvalue weighted by Crippen LogP contribution is -2.36. The van der Waals surface area contributed by atoms with Crippen LogP contribution in [0.3, 0.4) is 0 Å². The molecular weight excluding hydrogens is 363 g/mol. The number of alkyl halides is 3. The van der Waals surface area contributed by atoms with E-state index in [2.05, 4.69) is 4.90 Å². The third-order valence-electron chi connectivity index (χ3n) is 5.20. The third-order valence-corrected chi connectivity index (χ3v) is 5.20. The van der Waals surface area contributed by atoms with Gasteiger partial charge >= 0.3 is 6.18 Å². The Morgan fingerprint density at radius 1 is 0.929 bits per heavy atom. The lowest BCUT2D eigenvalue weighted by molar-refractivity contribution is -0.137. The van der Waals surface area contributed by atoms with Crippen LogP contribution in [0, 0.1) is 0 Å². The van der Waals surface area contributed by atoms with Crippen LogP contribution in [0.4, 0.5) is 18.9 Å². The zero-order valence-electron chi connectivity index (χ0n) is 15.4. The number of halogens is 3. The Labute approximate surface area is 162 Å². The highest BCUT2D eigenvalue weighted by Gasteiger charge is 2.34. The van der Waals surface area contributed by atoms with Gasteiger partial charge in [0.1, 0.15) is 5.75 Å². The third kappa shape index (κ3) is 3.44. The number of nitrogens with zero attached hydrogens (tertiary/aromatic N) is 1. The maximum Gasteiger partial charge on any atom is 0.416 e. The molecule has 0 saturated heterocycles. The van der Waals surface area contributed by atoms with Crippen molar-refractivity contribution in [1.29, 1.82) is 0 Å². The first-order chi connectivity index (χ1) is 13.5. The van der Waals surface area contributed by atoms with E-state index in [0.717, 1.165) is 35.1 Å². The minimum Gasteiger partial charge on any atom is -0.497 e. The summed E-state index contributed by atoms with van der Waals surface area (Å²) in [4.78, 5) is 2.17. The summed E-state index contributed by atoms with van der Waals surface area (Å²) in [6.07, 6.45) is -3.57. The molecule has 3 aromatic rings. The molecule has 5 heteroatoms. The van der Waals surface area contributed by atoms with Crippen LogP contribution in [-0.2, 0) is 12.6 Å². The molecule has 3 aromatic carbocycles. The molecule has 0 aromatic heterocycles. The second kappa shape index (κ2) is 7.23. The van der Waals surface area contributed by atoms with Crippen molar-refractivity contribution < 1.29 is 17.9 Å². The van der Waals surface area contributed by atoms with Gasteiger partial charge in [-0.05, 0) is 59.5 Å². The van der Waals surface area contributed by atoms with Crippen LogP contribution in [0.1, 0.15) is 28.3 Å². The second-order valence-electron chi connectivity index (χ2n) is 6.87. The number of hydrogen-bond acceptors (Lipinski definition) is 2. The summed E-state index contributed by atoms with van der Waals surface area (Å²) in [6.45, 7) is 0.713. The monoisotopic (exact) mass is 383 g/mol. The number of benzene rings is 3. The van der Waals surface area contributed by atoms with Gasteiger partial charge in [0.25, 0.3) is 0 Å². The van der Waals surface area contributed by atoms with Gasteiger partial charge in [-0.1, -0.05) is 36.4 Å². The smallest absolute Gasteiger partial charge is 0.416 e. The fourth-order valence-electron chi connectivity index (χ4n) is 3.87. The zero-order valence-corrected chi connectivity index (χ0v) is 15.4. The van der Waals surface area contributed by atoms with E-state index in [1.807, 2.05) is 48.5 Å². The topological polar surface area (TPSA) is 12.5 Å². The molecule has 0 radical (unpaired) electrons. The number of anilines is 1. The molecule has 0 fully saturated rings. The van der Waals surface area contributed by atoms with Gasteiger partial charge < -0.3 is 9.64 Å². The maximum atomic E-state index is 13.3. The van der Waals surface area contributed by atoms with Crippen molar-refractivity contribution in [3.05, 3.63) is 95.1 Å². The minimum absolute atomic E-state index is 0.292. The number of hydrogen-bond donors (Lipinski definition) is 0. The summed E-state index contributed by atoms with van der Waals surface area (Å²) in [7, 11) is 1.62. The van der Waals surface area contributed by atoms with Gasteiger partial charge in [-0.3, -0.25) is 0 Å². The number of fused-ring (bicyclic) bond motifs is 1. The van der Waals surface area contributed by atoms with Crippen molar-refractivity contribution in [2.45, 2.75) is 18.6 Å². The van der Waals surface area contributed by atoms with Crippen molar-refractivity contribution in [2.75, 3.05) is 18.6 Å². The Hall–Kier alpha value is -2.95. The lowest BCUT2D eigenvalue weighted by atomic mass is 9.87. The van der Waals surface area contributed by atoms with Crippen molar-refractivity contribution in [2.24, 2.45) is 0 Å². The molecule has 0 spiro atoms. The number of para-hydroxylation sites is 1. The average molecular weight is 383 g/mol. The summed E-state index contributed by atoms with van der Waals surface area (Å²) >= 11 is 0. The van der Waals surface area contributed by atoms with Gasteiger partial charge in [-0.25, -0.2) is 0 Å². The molecule has 2 nitrogen and oxygen atoms in total. The van der Waals surface area contributed by atoms with Crippen molar-refractivity contribution in [3.8, 4) is 5.75 Å². The number of methoxy groups -OCH3 is 1. The highest BCUT2D eigenvalue weighted by Crippen LogP contribution is 2.41. The number of ether oxygens (including phenoxy) is 1. The van der Waals surface area contributed by atoms with Crippen LogP contribution in [0.2, 0.25) is 0 Å². The first-order valence-corrected chi connectivity index (χ1v) is 9.13. The van der Waals surface area contributed by atoms with Crippen LogP contribution in [0.5, 0.6) is 5.75 Å². The summed E-state index contributed by atoms with van der Waals surface area (Å²) in [5, 5.41) is 0. The van der Waals surface area contributed by atoms with E-state index in [4.69, 9.17) is 4.74 Å². The van der Waals surface area contributed by atoms with Gasteiger partial charge in [0.05, 0.1) is 18.7 Å². The highest BCUT2D eigenvalue weighted by molar-refractivity contribution is 5.57. The molecule has 1 atom stereocenters. The highest BCUT2D eigenvalue weighted by atomic mass is 19.4. The minimum atomic E-state index is -4.37. The number of rotatable bonds is 3. The lowest BCUT2D eigenvalue weighted by Gasteiger charge is -2.39. The molecule has 1 unspecified atom stereocenters. The van der Waals surface area contributed by atoms with Crippen LogP contribution in [0.25, 0.3) is 0 Å². The van der Waals surface area contributed by atoms with Crippen molar-refractivity contribution in [3.63, 3.8) is 0 Å². The SMILES string of the molecule is COc1ccc2c(c1)CCN(c1ccccc1)C2c1cccc(C(F)(F)F)c1. The molecule has 0 amide bonds. The predicted molar refractivity (Wildman–Crippen MR) is 104 cm³/mol. The van der Waals surface area contributed by atoms with Gasteiger partial charge in [-0.2, -0.15) is 13.2 Å². The van der Waals surface area contributed by atoms with Crippen LogP contribution in [-0.4, -0.2) is 13.7 Å². The Morgan fingerprint density at radius 2 is 1.71 bits per heavy atom. The Bertz CT molecular complexity index is 969. The van der Waals surface area contributed by atoms with Crippen LogP contribution < -0.4 is 9.64 Å². The van der Waals surface area contributed by atoms with E-state index < -0.39 is 11.7 Å². The molecule has 0 N–H and O–H groups in total. The summed E-state index contributed by atoms with van der Waals surface area (Å²) in [5.41, 5.74) is 3.11. The Kier molecular flexibility index (Phi) is 4.75. The van der Waals surface area contributed by atoms with Gasteiger partial charge in [0.2, 0.25) is 0 Å². The van der Waals surface area contributed by atoms with Gasteiger partial charge in [0, 0.05) is 12.2 Å². The van der Waals surface area contributed by atoms with Crippen molar-refractivity contribution >= 4 is 5.69 Å². The summed E-state index contributed by atoms with van der Waals surface area (Å²) < 4.78 is 45.3. The average Bonchev–Trinajstić information content (AvgIpc) is 2.72. The van der Waals surface area contributed by atoms with Crippen LogP contribution in [0.15, 0.2) is 72.8 Å². The first-order valence-electron chi connectivity index (χ1n) is 9.13. The standard InChI is InChI=1S/C23H20F3NO/c1-28-20-10-11-21-16(15-20)12-13-27(19-8-3-2-4-9-19)22(21)17-6-5-7-18(14-17)23(24,25)26/h2-11,14-15,22H,12-13H2,1H3. The molecule has 0 bridgehead atoms. The fraction of sp³-hybridized carbons (Fsp3) is 0.217. The molecule has 0 aliphatic carbocycles. The molecule has 1 heterocycles. The molecule has 0 saturated carbocycles. The first kappa shape index (κ1) is 18.4. The fourth-order valence-corrected chi connectivity index (χ4v) is 3.87. The van der Waals surface area contributed by atoms with E-state index in [-0.39, 0.29) is 6.04 Å². The van der Waals surface area contributed by atoms with E-state index in [1.54, 1.807) is 13.2 Å². The molecule has 1 aliphatic heterocycles. The molecule has 28 heavy (non-hydrogen) atoms. The Morgan fingerprint density at radius 3 is 2.43 bits per heavy atom. The molecular formula is C23H20F3NO. The maximum absolute atomic E-state index is 13.3. The van der Waals surface area contributed by atoms with Gasteiger partial charge in [-0.15, -0.1) is 0 Å². The molecule has 144 valence electrons. The predicted octanol–water partition coefficient (Wildman–Crippen LogP) is 5.87. The largest absolute Gasteiger partial charge is 0.497 e. The second-order valence-corrected chi connectivity index (χ2v) is 6.87. The van der Waals surface area contributed by atoms with Crippen LogP contribution >= 0.6 is 0 Å². The quantitative estimate of drug-likeness (QED) is 0.561.